The van der Waals surface area contributed by atoms with Crippen LogP contribution in [0.4, 0.5) is 0 Å². The van der Waals surface area contributed by atoms with E-state index in [1.54, 1.807) is 31.2 Å². The average Bonchev–Trinajstić information content (AvgIpc) is 2.45. The lowest BCUT2D eigenvalue weighted by atomic mass is 10.2. The van der Waals surface area contributed by atoms with Crippen molar-refractivity contribution in [1.82, 2.24) is 5.32 Å². The van der Waals surface area contributed by atoms with Gasteiger partial charge in [-0.15, -0.1) is 0 Å². The molecule has 0 unspecified atom stereocenters. The van der Waals surface area contributed by atoms with E-state index in [-0.39, 0.29) is 24.2 Å². The van der Waals surface area contributed by atoms with Gasteiger partial charge < -0.3 is 15.6 Å². The molecule has 0 aliphatic carbocycles. The van der Waals surface area contributed by atoms with E-state index in [1.807, 2.05) is 6.07 Å². The average molecular weight is 310 g/mol. The molecule has 7 heteroatoms. The number of rotatable bonds is 4. The second kappa shape index (κ2) is 10.5. The van der Waals surface area contributed by atoms with E-state index >= 15 is 0 Å². The van der Waals surface area contributed by atoms with E-state index in [9.17, 15) is 9.59 Å². The summed E-state index contributed by atoms with van der Waals surface area (Å²) in [6.07, 6.45) is 0. The molecule has 4 N–H and O–H groups in total. The highest BCUT2D eigenvalue weighted by Gasteiger charge is 2.03. The van der Waals surface area contributed by atoms with Gasteiger partial charge in [0.15, 0.2) is 5.11 Å². The minimum absolute atomic E-state index is 0.0103. The van der Waals surface area contributed by atoms with Crippen molar-refractivity contribution < 1.29 is 19.4 Å². The van der Waals surface area contributed by atoms with Crippen molar-refractivity contribution in [2.75, 3.05) is 13.2 Å². The largest absolute Gasteiger partial charge is 0.460 e. The van der Waals surface area contributed by atoms with Crippen LogP contribution in [-0.2, 0) is 9.53 Å². The molecule has 0 fully saturated rings. The number of carbonyl (C=O) groups is 2. The molecule has 1 amide bonds. The number of carbonyl (C=O) groups excluding carboxylic acids is 2. The number of aliphatic hydroxyl groups excluding tert-OH is 1. The minimum Gasteiger partial charge on any atom is -0.460 e. The fourth-order valence-corrected chi connectivity index (χ4v) is 1.13. The Morgan fingerprint density at radius 3 is 2.38 bits per heavy atom. The first kappa shape index (κ1) is 18.8. The van der Waals surface area contributed by atoms with Crippen molar-refractivity contribution in [1.29, 1.82) is 0 Å². The van der Waals surface area contributed by atoms with Crippen molar-refractivity contribution in [3.63, 3.8) is 0 Å². The Bertz CT molecular complexity index is 503. The molecule has 1 rings (SSSR count). The summed E-state index contributed by atoms with van der Waals surface area (Å²) in [7, 11) is 0. The Morgan fingerprint density at radius 1 is 1.38 bits per heavy atom. The lowest BCUT2D eigenvalue weighted by Gasteiger charge is -2.00. The lowest BCUT2D eigenvalue weighted by Crippen LogP contribution is -2.34. The third-order valence-electron chi connectivity index (χ3n) is 1.95. The van der Waals surface area contributed by atoms with Crippen LogP contribution in [0, 0.1) is 0 Å². The molecular formula is C14H18N2O4S. The number of nitrogens with one attached hydrogen (secondary N) is 1. The molecular weight excluding hydrogens is 292 g/mol. The van der Waals surface area contributed by atoms with Crippen LogP contribution in [0.25, 0.3) is 0 Å². The van der Waals surface area contributed by atoms with Crippen LogP contribution in [-0.4, -0.2) is 35.3 Å². The maximum absolute atomic E-state index is 11.2. The fraction of sp³-hybridized carbons (Fsp3) is 0.214. The zero-order valence-electron chi connectivity index (χ0n) is 11.7. The van der Waals surface area contributed by atoms with Crippen LogP contribution < -0.4 is 11.1 Å². The summed E-state index contributed by atoms with van der Waals surface area (Å²) in [6.45, 7) is 4.81. The number of nitrogens with two attached hydrogens (primary N) is 1. The fourth-order valence-electron chi connectivity index (χ4n) is 1.04. The predicted octanol–water partition coefficient (Wildman–Crippen LogP) is 0.758. The summed E-state index contributed by atoms with van der Waals surface area (Å²) in [5, 5.41) is 10.5. The highest BCUT2D eigenvalue weighted by molar-refractivity contribution is 7.80. The van der Waals surface area contributed by atoms with Gasteiger partial charge in [-0.25, -0.2) is 4.79 Å². The van der Waals surface area contributed by atoms with Gasteiger partial charge in [-0.3, -0.25) is 10.1 Å². The van der Waals surface area contributed by atoms with Crippen LogP contribution in [0.2, 0.25) is 0 Å². The predicted molar refractivity (Wildman–Crippen MR) is 83.6 cm³/mol. The van der Waals surface area contributed by atoms with Gasteiger partial charge in [0.2, 0.25) is 0 Å². The lowest BCUT2D eigenvalue weighted by molar-refractivity contribution is -0.139. The Hall–Kier alpha value is -2.25. The molecule has 0 heterocycles. The Labute approximate surface area is 128 Å². The first-order valence-electron chi connectivity index (χ1n) is 5.97. The molecule has 114 valence electrons. The monoisotopic (exact) mass is 310 g/mol. The molecule has 6 nitrogen and oxygen atoms in total. The summed E-state index contributed by atoms with van der Waals surface area (Å²) in [6, 6.07) is 8.75. The third kappa shape index (κ3) is 9.31. The van der Waals surface area contributed by atoms with Crippen LogP contribution in [0.15, 0.2) is 42.5 Å². The highest BCUT2D eigenvalue weighted by Crippen LogP contribution is 1.96. The molecule has 0 aromatic heterocycles. The first-order chi connectivity index (χ1) is 9.88. The van der Waals surface area contributed by atoms with Gasteiger partial charge in [0.05, 0.1) is 6.61 Å². The number of aliphatic hydroxyl groups is 1. The maximum Gasteiger partial charge on any atom is 0.333 e. The Kier molecular flexibility index (Phi) is 9.40. The highest BCUT2D eigenvalue weighted by atomic mass is 32.1. The standard InChI is InChI=1S/C8H8N2OS.C6H10O3/c9-8(12)10-7(11)6-4-2-1-3-5-6;1-5(2)6(8)9-4-3-7/h1-5H,(H3,9,10,11,12);7H,1,3-4H2,2H3. The molecule has 0 saturated heterocycles. The molecule has 0 atom stereocenters. The number of benzene rings is 1. The minimum atomic E-state index is -0.455. The maximum atomic E-state index is 11.2. The van der Waals surface area contributed by atoms with Crippen LogP contribution in [0.5, 0.6) is 0 Å². The van der Waals surface area contributed by atoms with E-state index in [2.05, 4.69) is 28.9 Å². The molecule has 1 aromatic rings. The number of ether oxygens (including phenoxy) is 1. The van der Waals surface area contributed by atoms with Crippen molar-refractivity contribution in [2.45, 2.75) is 6.92 Å². The van der Waals surface area contributed by atoms with Crippen LogP contribution in [0.3, 0.4) is 0 Å². The molecule has 0 radical (unpaired) electrons. The van der Waals surface area contributed by atoms with Gasteiger partial charge in [-0.2, -0.15) is 0 Å². The molecule has 0 spiro atoms. The number of amides is 1. The summed E-state index contributed by atoms with van der Waals surface area (Å²) >= 11 is 4.52. The van der Waals surface area contributed by atoms with Crippen LogP contribution in [0.1, 0.15) is 17.3 Å². The number of esters is 1. The van der Waals surface area contributed by atoms with Gasteiger partial charge >= 0.3 is 5.97 Å². The topological polar surface area (TPSA) is 102 Å². The second-order valence-corrected chi connectivity index (χ2v) is 4.26. The van der Waals surface area contributed by atoms with Gasteiger partial charge in [-0.05, 0) is 31.3 Å². The van der Waals surface area contributed by atoms with E-state index in [0.29, 0.717) is 11.1 Å². The Balaban J connectivity index is 0.000000400. The third-order valence-corrected chi connectivity index (χ3v) is 2.05. The second-order valence-electron chi connectivity index (χ2n) is 3.82. The normalized spacial score (nSPS) is 8.86. The summed E-state index contributed by atoms with van der Waals surface area (Å²) in [5.74, 6) is -0.729. The van der Waals surface area contributed by atoms with Crippen molar-refractivity contribution in [3.8, 4) is 0 Å². The number of hydrogen-bond acceptors (Lipinski definition) is 5. The zero-order chi connectivity index (χ0) is 16.3. The summed E-state index contributed by atoms with van der Waals surface area (Å²) in [5.41, 5.74) is 6.03. The van der Waals surface area contributed by atoms with E-state index in [0.717, 1.165) is 0 Å². The molecule has 0 aliphatic heterocycles. The molecule has 0 saturated carbocycles. The van der Waals surface area contributed by atoms with Gasteiger partial charge in [0, 0.05) is 11.1 Å². The smallest absolute Gasteiger partial charge is 0.333 e. The van der Waals surface area contributed by atoms with E-state index in [1.165, 1.54) is 0 Å². The summed E-state index contributed by atoms with van der Waals surface area (Å²) < 4.78 is 4.46. The SMILES string of the molecule is C=C(C)C(=O)OCCO.NC(=S)NC(=O)c1ccccc1. The van der Waals surface area contributed by atoms with Crippen molar-refractivity contribution in [2.24, 2.45) is 5.73 Å². The van der Waals surface area contributed by atoms with Crippen molar-refractivity contribution >= 4 is 29.2 Å². The molecule has 0 aliphatic rings. The van der Waals surface area contributed by atoms with Crippen LogP contribution >= 0.6 is 12.2 Å². The van der Waals surface area contributed by atoms with E-state index < -0.39 is 5.97 Å². The van der Waals surface area contributed by atoms with Gasteiger partial charge in [0.1, 0.15) is 6.61 Å². The molecule has 0 bridgehead atoms. The zero-order valence-corrected chi connectivity index (χ0v) is 12.5. The van der Waals surface area contributed by atoms with Gasteiger partial charge in [0.25, 0.3) is 5.91 Å². The number of thiocarbonyl (C=S) groups is 1. The van der Waals surface area contributed by atoms with Crippen molar-refractivity contribution in [3.05, 3.63) is 48.0 Å². The van der Waals surface area contributed by atoms with E-state index in [4.69, 9.17) is 10.8 Å². The molecule has 1 aromatic carbocycles. The molecule has 21 heavy (non-hydrogen) atoms. The number of hydrogen-bond donors (Lipinski definition) is 3. The first-order valence-corrected chi connectivity index (χ1v) is 6.38. The summed E-state index contributed by atoms with van der Waals surface area (Å²) in [4.78, 5) is 21.6. The Morgan fingerprint density at radius 2 is 1.95 bits per heavy atom. The van der Waals surface area contributed by atoms with Gasteiger partial charge in [-0.1, -0.05) is 24.8 Å². The quantitative estimate of drug-likeness (QED) is 0.431.